The topological polar surface area (TPSA) is 84.5 Å². The molecule has 0 aliphatic carbocycles. The fourth-order valence-corrected chi connectivity index (χ4v) is 2.87. The van der Waals surface area contributed by atoms with E-state index in [1.54, 1.807) is 38.1 Å². The first-order valence-corrected chi connectivity index (χ1v) is 9.49. The highest BCUT2D eigenvalue weighted by molar-refractivity contribution is 6.15. The van der Waals surface area contributed by atoms with Gasteiger partial charge >= 0.3 is 5.97 Å². The maximum atomic E-state index is 13.0. The van der Waals surface area contributed by atoms with Gasteiger partial charge in [0.2, 0.25) is 11.8 Å². The molecule has 2 aromatic carbocycles. The minimum atomic E-state index is -1.38. The highest BCUT2D eigenvalue weighted by Gasteiger charge is 2.37. The normalized spacial score (nSPS) is 11.1. The summed E-state index contributed by atoms with van der Waals surface area (Å²) in [4.78, 5) is 37.8. The average molecular weight is 396 g/mol. The van der Waals surface area contributed by atoms with Gasteiger partial charge in [0.05, 0.1) is 18.4 Å². The van der Waals surface area contributed by atoms with Crippen LogP contribution in [0.2, 0.25) is 0 Å². The van der Waals surface area contributed by atoms with Gasteiger partial charge in [0.25, 0.3) is 0 Å². The summed E-state index contributed by atoms with van der Waals surface area (Å²) in [6, 6.07) is 12.3. The van der Waals surface area contributed by atoms with Crippen molar-refractivity contribution >= 4 is 29.2 Å². The van der Waals surface area contributed by atoms with Crippen LogP contribution in [-0.2, 0) is 14.3 Å². The number of hydrogen-bond acceptors (Lipinski definition) is 4. The van der Waals surface area contributed by atoms with Gasteiger partial charge in [-0.25, -0.2) is 4.79 Å². The van der Waals surface area contributed by atoms with Crippen LogP contribution in [0.4, 0.5) is 11.4 Å². The molecule has 0 heterocycles. The Morgan fingerprint density at radius 1 is 0.931 bits per heavy atom. The van der Waals surface area contributed by atoms with Crippen LogP contribution in [0.15, 0.2) is 42.5 Å². The molecule has 2 rings (SSSR count). The minimum absolute atomic E-state index is 0.217. The van der Waals surface area contributed by atoms with E-state index in [4.69, 9.17) is 4.74 Å². The van der Waals surface area contributed by atoms with Crippen LogP contribution in [0.1, 0.15) is 55.1 Å². The van der Waals surface area contributed by atoms with Gasteiger partial charge in [-0.1, -0.05) is 44.2 Å². The van der Waals surface area contributed by atoms with Crippen molar-refractivity contribution in [2.75, 3.05) is 17.7 Å². The Bertz CT molecular complexity index is 932. The van der Waals surface area contributed by atoms with Gasteiger partial charge < -0.3 is 15.4 Å². The average Bonchev–Trinajstić information content (AvgIpc) is 2.68. The molecule has 0 aliphatic heterocycles. The predicted octanol–water partition coefficient (Wildman–Crippen LogP) is 4.51. The summed E-state index contributed by atoms with van der Waals surface area (Å²) in [6.07, 6.45) is 0. The molecule has 0 bridgehead atoms. The monoisotopic (exact) mass is 396 g/mol. The molecule has 2 N–H and O–H groups in total. The first kappa shape index (κ1) is 22.1. The molecule has 0 radical (unpaired) electrons. The molecule has 0 saturated heterocycles. The Hall–Kier alpha value is -3.15. The van der Waals surface area contributed by atoms with E-state index in [9.17, 15) is 14.4 Å². The van der Waals surface area contributed by atoms with Gasteiger partial charge in [0.1, 0.15) is 5.41 Å². The second-order valence-electron chi connectivity index (χ2n) is 7.76. The summed E-state index contributed by atoms with van der Waals surface area (Å²) in [5, 5.41) is 5.61. The molecule has 0 aromatic heterocycles. The molecule has 0 aliphatic rings. The number of carbonyl (C=O) groups excluding carboxylic acids is 3. The van der Waals surface area contributed by atoms with Gasteiger partial charge in [-0.2, -0.15) is 0 Å². The molecule has 0 atom stereocenters. The van der Waals surface area contributed by atoms with E-state index < -0.39 is 23.2 Å². The highest BCUT2D eigenvalue weighted by atomic mass is 16.5. The number of rotatable bonds is 6. The second-order valence-corrected chi connectivity index (χ2v) is 7.76. The van der Waals surface area contributed by atoms with Crippen LogP contribution in [0.3, 0.4) is 0 Å². The maximum absolute atomic E-state index is 13.0. The number of anilines is 2. The molecule has 2 aromatic rings. The standard InChI is InChI=1S/C23H28N2O4/c1-14(2)16-12-9-10-15(3)19(16)25-22(28)23(4,5)21(27)24-18-13-8-7-11-17(18)20(26)29-6/h7-14H,1-6H3,(H,24,27)(H,25,28). The van der Waals surface area contributed by atoms with Crippen molar-refractivity contribution in [3.05, 3.63) is 59.2 Å². The molecule has 0 fully saturated rings. The number of amides is 2. The SMILES string of the molecule is COC(=O)c1ccccc1NC(=O)C(C)(C)C(=O)Nc1c(C)cccc1C(C)C. The molecule has 29 heavy (non-hydrogen) atoms. The Kier molecular flexibility index (Phi) is 6.80. The van der Waals surface area contributed by atoms with E-state index in [2.05, 4.69) is 10.6 Å². The largest absolute Gasteiger partial charge is 0.465 e. The summed E-state index contributed by atoms with van der Waals surface area (Å²) >= 11 is 0. The first-order chi connectivity index (χ1) is 13.6. The Labute approximate surface area is 171 Å². The number of benzene rings is 2. The molecule has 0 unspecified atom stereocenters. The van der Waals surface area contributed by atoms with Crippen LogP contribution in [0, 0.1) is 12.3 Å². The first-order valence-electron chi connectivity index (χ1n) is 9.49. The third-order valence-corrected chi connectivity index (χ3v) is 4.88. The lowest BCUT2D eigenvalue weighted by molar-refractivity contribution is -0.135. The summed E-state index contributed by atoms with van der Waals surface area (Å²) in [5.74, 6) is -1.30. The van der Waals surface area contributed by atoms with E-state index in [1.807, 2.05) is 39.0 Å². The van der Waals surface area contributed by atoms with E-state index >= 15 is 0 Å². The zero-order valence-electron chi connectivity index (χ0n) is 17.8. The molecule has 0 spiro atoms. The zero-order valence-corrected chi connectivity index (χ0v) is 17.8. The quantitative estimate of drug-likeness (QED) is 0.556. The number of ether oxygens (including phenoxy) is 1. The molecule has 154 valence electrons. The van der Waals surface area contributed by atoms with Crippen molar-refractivity contribution in [1.29, 1.82) is 0 Å². The lowest BCUT2D eigenvalue weighted by Crippen LogP contribution is -2.42. The summed E-state index contributed by atoms with van der Waals surface area (Å²) in [7, 11) is 1.27. The van der Waals surface area contributed by atoms with Gasteiger partial charge in [-0.15, -0.1) is 0 Å². The maximum Gasteiger partial charge on any atom is 0.339 e. The molecule has 2 amide bonds. The smallest absolute Gasteiger partial charge is 0.339 e. The van der Waals surface area contributed by atoms with Crippen molar-refractivity contribution in [2.24, 2.45) is 5.41 Å². The predicted molar refractivity (Wildman–Crippen MR) is 114 cm³/mol. The Morgan fingerprint density at radius 3 is 2.17 bits per heavy atom. The Morgan fingerprint density at radius 2 is 1.55 bits per heavy atom. The van der Waals surface area contributed by atoms with E-state index in [0.717, 1.165) is 16.8 Å². The summed E-state index contributed by atoms with van der Waals surface area (Å²) in [6.45, 7) is 9.11. The van der Waals surface area contributed by atoms with Crippen LogP contribution in [0.5, 0.6) is 0 Å². The number of carbonyl (C=O) groups is 3. The lowest BCUT2D eigenvalue weighted by Gasteiger charge is -2.25. The fourth-order valence-electron chi connectivity index (χ4n) is 2.87. The van der Waals surface area contributed by atoms with Crippen molar-refractivity contribution in [3.63, 3.8) is 0 Å². The molecule has 6 heteroatoms. The van der Waals surface area contributed by atoms with E-state index in [0.29, 0.717) is 5.69 Å². The van der Waals surface area contributed by atoms with Gasteiger partial charge in [0, 0.05) is 5.69 Å². The van der Waals surface area contributed by atoms with Crippen molar-refractivity contribution in [2.45, 2.75) is 40.5 Å². The summed E-state index contributed by atoms with van der Waals surface area (Å²) < 4.78 is 4.75. The number of esters is 1. The van der Waals surface area contributed by atoms with Crippen LogP contribution in [-0.4, -0.2) is 24.9 Å². The number of para-hydroxylation sites is 2. The number of hydrogen-bond donors (Lipinski definition) is 2. The third-order valence-electron chi connectivity index (χ3n) is 4.88. The lowest BCUT2D eigenvalue weighted by atomic mass is 9.89. The fraction of sp³-hybridized carbons (Fsp3) is 0.348. The van der Waals surface area contributed by atoms with Crippen molar-refractivity contribution < 1.29 is 19.1 Å². The van der Waals surface area contributed by atoms with Crippen LogP contribution in [0.25, 0.3) is 0 Å². The second kappa shape index (κ2) is 8.90. The van der Waals surface area contributed by atoms with E-state index in [1.165, 1.54) is 7.11 Å². The van der Waals surface area contributed by atoms with Crippen molar-refractivity contribution in [3.8, 4) is 0 Å². The number of methoxy groups -OCH3 is 1. The van der Waals surface area contributed by atoms with Crippen LogP contribution >= 0.6 is 0 Å². The molecular formula is C23H28N2O4. The van der Waals surface area contributed by atoms with Crippen molar-refractivity contribution in [1.82, 2.24) is 0 Å². The number of nitrogens with one attached hydrogen (secondary N) is 2. The third kappa shape index (κ3) is 4.83. The molecule has 6 nitrogen and oxygen atoms in total. The number of aryl methyl sites for hydroxylation is 1. The minimum Gasteiger partial charge on any atom is -0.465 e. The molecule has 0 saturated carbocycles. The van der Waals surface area contributed by atoms with Crippen LogP contribution < -0.4 is 10.6 Å². The van der Waals surface area contributed by atoms with E-state index in [-0.39, 0.29) is 11.5 Å². The van der Waals surface area contributed by atoms with Gasteiger partial charge in [-0.05, 0) is 49.9 Å². The molecular weight excluding hydrogens is 368 g/mol. The highest BCUT2D eigenvalue weighted by Crippen LogP contribution is 2.30. The summed E-state index contributed by atoms with van der Waals surface area (Å²) in [5.41, 5.74) is 1.80. The van der Waals surface area contributed by atoms with Gasteiger partial charge in [-0.3, -0.25) is 9.59 Å². The van der Waals surface area contributed by atoms with Gasteiger partial charge in [0.15, 0.2) is 0 Å². The zero-order chi connectivity index (χ0) is 21.8. The Balaban J connectivity index is 2.27.